The summed E-state index contributed by atoms with van der Waals surface area (Å²) in [6.07, 6.45) is 2.39. The van der Waals surface area contributed by atoms with Gasteiger partial charge >= 0.3 is 0 Å². The summed E-state index contributed by atoms with van der Waals surface area (Å²) in [7, 11) is 1.58. The summed E-state index contributed by atoms with van der Waals surface area (Å²) in [4.78, 5) is 31.5. The molecule has 2 heterocycles. The number of hydrogen-bond donors (Lipinski definition) is 1. The highest BCUT2D eigenvalue weighted by molar-refractivity contribution is 8.00. The number of anilines is 1. The van der Waals surface area contributed by atoms with E-state index in [0.717, 1.165) is 12.8 Å². The minimum atomic E-state index is -0.484. The average Bonchev–Trinajstić information content (AvgIpc) is 3.26. The predicted octanol–water partition coefficient (Wildman–Crippen LogP) is 4.98. The second-order valence-corrected chi connectivity index (χ2v) is 8.98. The zero-order valence-electron chi connectivity index (χ0n) is 19.3. The molecule has 34 heavy (non-hydrogen) atoms. The number of unbranched alkanes of at least 4 members (excludes halogenated alkanes) is 1. The molecule has 1 amide bonds. The Hall–Kier alpha value is -3.59. The molecule has 1 atom stereocenters. The van der Waals surface area contributed by atoms with Gasteiger partial charge in [-0.3, -0.25) is 14.2 Å². The summed E-state index contributed by atoms with van der Waals surface area (Å²) in [5, 5.41) is 7.14. The van der Waals surface area contributed by atoms with Crippen LogP contribution >= 0.6 is 11.8 Å². The SMILES string of the molecule is CCCCC(Sc1nc2ccccc2c(=O)n1-c1cccc(OC)c1)C(=O)Nc1cc(C)on1. The van der Waals surface area contributed by atoms with Crippen molar-refractivity contribution >= 4 is 34.4 Å². The van der Waals surface area contributed by atoms with Gasteiger partial charge in [-0.15, -0.1) is 0 Å². The number of nitrogens with zero attached hydrogens (tertiary/aromatic N) is 3. The standard InChI is InChI=1S/C25H26N4O4S/c1-4-5-13-21(23(30)27-22-14-16(2)33-28-22)34-25-26-20-12-7-6-11-19(20)24(31)29(25)17-9-8-10-18(15-17)32-3/h6-12,14-15,21H,4-5,13H2,1-3H3,(H,27,28,30). The third-order valence-corrected chi connectivity index (χ3v) is 6.51. The molecule has 2 aromatic carbocycles. The van der Waals surface area contributed by atoms with Crippen LogP contribution in [0.25, 0.3) is 16.6 Å². The maximum absolute atomic E-state index is 13.6. The topological polar surface area (TPSA) is 99.2 Å². The largest absolute Gasteiger partial charge is 0.497 e. The Morgan fingerprint density at radius 2 is 2.03 bits per heavy atom. The molecule has 0 aliphatic carbocycles. The number of hydrogen-bond acceptors (Lipinski definition) is 7. The summed E-state index contributed by atoms with van der Waals surface area (Å²) in [5.41, 5.74) is 0.992. The summed E-state index contributed by atoms with van der Waals surface area (Å²) < 4.78 is 12.0. The third-order valence-electron chi connectivity index (χ3n) is 5.30. The van der Waals surface area contributed by atoms with Crippen LogP contribution in [0.5, 0.6) is 5.75 Å². The Labute approximate surface area is 201 Å². The van der Waals surface area contributed by atoms with E-state index < -0.39 is 5.25 Å². The number of rotatable bonds is 9. The highest BCUT2D eigenvalue weighted by Crippen LogP contribution is 2.29. The Kier molecular flexibility index (Phi) is 7.32. The molecule has 8 nitrogen and oxygen atoms in total. The first-order chi connectivity index (χ1) is 16.5. The molecule has 176 valence electrons. The van der Waals surface area contributed by atoms with Crippen molar-refractivity contribution in [3.63, 3.8) is 0 Å². The average molecular weight is 479 g/mol. The van der Waals surface area contributed by atoms with Crippen molar-refractivity contribution in [1.29, 1.82) is 0 Å². The van der Waals surface area contributed by atoms with Gasteiger partial charge in [-0.05, 0) is 37.6 Å². The van der Waals surface area contributed by atoms with Crippen molar-refractivity contribution in [2.75, 3.05) is 12.4 Å². The molecule has 0 radical (unpaired) electrons. The lowest BCUT2D eigenvalue weighted by atomic mass is 10.2. The number of amides is 1. The lowest BCUT2D eigenvalue weighted by molar-refractivity contribution is -0.115. The fraction of sp³-hybridized carbons (Fsp3) is 0.280. The molecule has 1 unspecified atom stereocenters. The summed E-state index contributed by atoms with van der Waals surface area (Å²) >= 11 is 1.27. The monoisotopic (exact) mass is 478 g/mol. The van der Waals surface area contributed by atoms with Crippen LogP contribution in [0.1, 0.15) is 31.9 Å². The Morgan fingerprint density at radius 3 is 2.76 bits per heavy atom. The van der Waals surface area contributed by atoms with E-state index >= 15 is 0 Å². The van der Waals surface area contributed by atoms with Crippen LogP contribution in [0.15, 0.2) is 69.1 Å². The van der Waals surface area contributed by atoms with Gasteiger partial charge in [-0.1, -0.05) is 54.9 Å². The number of para-hydroxylation sites is 1. The number of thioether (sulfide) groups is 1. The lowest BCUT2D eigenvalue weighted by Crippen LogP contribution is -2.28. The number of nitrogens with one attached hydrogen (secondary N) is 1. The second kappa shape index (κ2) is 10.6. The Morgan fingerprint density at radius 1 is 1.21 bits per heavy atom. The van der Waals surface area contributed by atoms with E-state index in [1.165, 1.54) is 11.8 Å². The van der Waals surface area contributed by atoms with Crippen molar-refractivity contribution in [3.05, 3.63) is 70.7 Å². The second-order valence-electron chi connectivity index (χ2n) is 7.81. The van der Waals surface area contributed by atoms with Crippen LogP contribution < -0.4 is 15.6 Å². The summed E-state index contributed by atoms with van der Waals surface area (Å²) in [6.45, 7) is 3.83. The molecule has 4 aromatic rings. The van der Waals surface area contributed by atoms with Gasteiger partial charge in [0.1, 0.15) is 11.5 Å². The number of fused-ring (bicyclic) bond motifs is 1. The number of carbonyl (C=O) groups excluding carboxylic acids is 1. The van der Waals surface area contributed by atoms with Gasteiger partial charge in [0.15, 0.2) is 11.0 Å². The fourth-order valence-electron chi connectivity index (χ4n) is 3.56. The molecule has 2 aromatic heterocycles. The Bertz CT molecular complexity index is 1360. The molecule has 0 fully saturated rings. The van der Waals surface area contributed by atoms with E-state index in [1.807, 2.05) is 30.3 Å². The van der Waals surface area contributed by atoms with Gasteiger partial charge in [0.25, 0.3) is 5.56 Å². The zero-order valence-corrected chi connectivity index (χ0v) is 20.1. The van der Waals surface area contributed by atoms with E-state index in [1.54, 1.807) is 42.9 Å². The van der Waals surface area contributed by atoms with Gasteiger partial charge in [0, 0.05) is 12.1 Å². The number of methoxy groups -OCH3 is 1. The van der Waals surface area contributed by atoms with Crippen LogP contribution in [0.4, 0.5) is 5.82 Å². The van der Waals surface area contributed by atoms with E-state index in [4.69, 9.17) is 14.2 Å². The number of ether oxygens (including phenoxy) is 1. The number of benzene rings is 2. The predicted molar refractivity (Wildman–Crippen MR) is 133 cm³/mol. The first-order valence-electron chi connectivity index (χ1n) is 11.1. The van der Waals surface area contributed by atoms with E-state index in [0.29, 0.717) is 45.5 Å². The number of carbonyl (C=O) groups is 1. The van der Waals surface area contributed by atoms with E-state index in [2.05, 4.69) is 17.4 Å². The maximum Gasteiger partial charge on any atom is 0.266 e. The quantitative estimate of drug-likeness (QED) is 0.267. The maximum atomic E-state index is 13.6. The van der Waals surface area contributed by atoms with Crippen molar-refractivity contribution in [1.82, 2.24) is 14.7 Å². The zero-order chi connectivity index (χ0) is 24.1. The van der Waals surface area contributed by atoms with Gasteiger partial charge in [-0.2, -0.15) is 0 Å². The van der Waals surface area contributed by atoms with Crippen molar-refractivity contribution in [2.45, 2.75) is 43.5 Å². The van der Waals surface area contributed by atoms with E-state index in [-0.39, 0.29) is 11.5 Å². The van der Waals surface area contributed by atoms with Gasteiger partial charge in [-0.25, -0.2) is 4.98 Å². The molecule has 0 bridgehead atoms. The summed E-state index contributed by atoms with van der Waals surface area (Å²) in [5.74, 6) is 1.37. The first-order valence-corrected chi connectivity index (χ1v) is 11.9. The third kappa shape index (κ3) is 5.14. The number of aromatic nitrogens is 3. The molecule has 0 aliphatic rings. The highest BCUT2D eigenvalue weighted by atomic mass is 32.2. The molecular weight excluding hydrogens is 452 g/mol. The van der Waals surface area contributed by atoms with Gasteiger partial charge in [0.2, 0.25) is 5.91 Å². The summed E-state index contributed by atoms with van der Waals surface area (Å²) in [6, 6.07) is 16.1. The van der Waals surface area contributed by atoms with E-state index in [9.17, 15) is 9.59 Å². The highest BCUT2D eigenvalue weighted by Gasteiger charge is 2.24. The van der Waals surface area contributed by atoms with Gasteiger partial charge < -0.3 is 14.6 Å². The molecule has 0 saturated heterocycles. The molecule has 0 spiro atoms. The normalized spacial score (nSPS) is 12.0. The van der Waals surface area contributed by atoms with Crippen LogP contribution in [0.2, 0.25) is 0 Å². The fourth-order valence-corrected chi connectivity index (χ4v) is 4.71. The van der Waals surface area contributed by atoms with Crippen LogP contribution in [-0.4, -0.2) is 33.0 Å². The minimum absolute atomic E-state index is 0.205. The molecule has 0 aliphatic heterocycles. The van der Waals surface area contributed by atoms with Crippen molar-refractivity contribution in [3.8, 4) is 11.4 Å². The smallest absolute Gasteiger partial charge is 0.266 e. The molecular formula is C25H26N4O4S. The minimum Gasteiger partial charge on any atom is -0.497 e. The van der Waals surface area contributed by atoms with Crippen molar-refractivity contribution in [2.24, 2.45) is 0 Å². The van der Waals surface area contributed by atoms with Crippen molar-refractivity contribution < 1.29 is 14.1 Å². The molecule has 9 heteroatoms. The first kappa shape index (κ1) is 23.6. The van der Waals surface area contributed by atoms with Crippen LogP contribution in [-0.2, 0) is 4.79 Å². The van der Waals surface area contributed by atoms with Crippen LogP contribution in [0.3, 0.4) is 0 Å². The molecule has 0 saturated carbocycles. The molecule has 1 N–H and O–H groups in total. The lowest BCUT2D eigenvalue weighted by Gasteiger charge is -2.19. The Balaban J connectivity index is 1.78. The number of aryl methyl sites for hydroxylation is 1. The van der Waals surface area contributed by atoms with Crippen LogP contribution in [0, 0.1) is 6.92 Å². The van der Waals surface area contributed by atoms with Gasteiger partial charge in [0.05, 0.1) is 29.0 Å². The molecule has 4 rings (SSSR count).